The van der Waals surface area contributed by atoms with E-state index < -0.39 is 15.7 Å². The molecule has 2 N–H and O–H groups in total. The van der Waals surface area contributed by atoms with E-state index in [1.165, 1.54) is 28.7 Å². The first-order valence-corrected chi connectivity index (χ1v) is 11.4. The number of amides is 1. The average molecular weight is 433 g/mol. The normalized spacial score (nSPS) is 11.5. The van der Waals surface area contributed by atoms with Crippen molar-refractivity contribution in [1.82, 2.24) is 19.9 Å². The summed E-state index contributed by atoms with van der Waals surface area (Å²) in [5.41, 5.74) is 0.828. The number of nitrogens with one attached hydrogen (secondary N) is 2. The quantitative estimate of drug-likeness (QED) is 0.493. The number of carbonyl (C=O) groups is 1. The van der Waals surface area contributed by atoms with Gasteiger partial charge in [-0.05, 0) is 24.3 Å². The van der Waals surface area contributed by atoms with E-state index in [4.69, 9.17) is 0 Å². The lowest BCUT2D eigenvalue weighted by atomic mass is 10.3. The fourth-order valence-electron chi connectivity index (χ4n) is 2.24. The van der Waals surface area contributed by atoms with E-state index in [2.05, 4.69) is 30.6 Å². The van der Waals surface area contributed by atoms with Crippen molar-refractivity contribution in [2.45, 2.75) is 4.90 Å². The number of anilines is 3. The molecule has 4 rings (SSSR count). The Bertz CT molecular complexity index is 1270. The number of sulfone groups is 1. The Kier molecular flexibility index (Phi) is 4.75. The highest BCUT2D eigenvalue weighted by molar-refractivity contribution is 7.90. The number of nitrogens with zero attached hydrogens (tertiary/aromatic N) is 4. The van der Waals surface area contributed by atoms with Crippen molar-refractivity contribution in [1.29, 1.82) is 0 Å². The van der Waals surface area contributed by atoms with E-state index in [1.54, 1.807) is 36.0 Å². The predicted molar refractivity (Wildman–Crippen MR) is 108 cm³/mol. The molecule has 0 aliphatic rings. The van der Waals surface area contributed by atoms with Crippen molar-refractivity contribution in [2.24, 2.45) is 0 Å². The van der Waals surface area contributed by atoms with Gasteiger partial charge in [0.2, 0.25) is 5.95 Å². The summed E-state index contributed by atoms with van der Waals surface area (Å²) < 4.78 is 24.0. The lowest BCUT2D eigenvalue weighted by Crippen LogP contribution is -2.12. The topological polar surface area (TPSA) is 127 Å². The maximum Gasteiger partial charge on any atom is 0.276 e. The third-order valence-corrected chi connectivity index (χ3v) is 6.33. The van der Waals surface area contributed by atoms with Crippen molar-refractivity contribution >= 4 is 64.8 Å². The standard InChI is InChI=1S/C16H12N6O3S3/c1-28(24,25)9-3-4-10-12(7-9)27-16(19-10)21-13(23)11-8-26-15(20-11)22-14-17-5-2-6-18-14/h2-8H,1H3,(H,19,21,23)(H,17,18,20,22). The minimum absolute atomic E-state index is 0.208. The van der Waals surface area contributed by atoms with Crippen molar-refractivity contribution in [2.75, 3.05) is 16.9 Å². The van der Waals surface area contributed by atoms with Gasteiger partial charge in [-0.25, -0.2) is 28.4 Å². The first-order valence-electron chi connectivity index (χ1n) is 7.80. The van der Waals surface area contributed by atoms with Crippen LogP contribution < -0.4 is 10.6 Å². The highest BCUT2D eigenvalue weighted by Gasteiger charge is 2.15. The van der Waals surface area contributed by atoms with Crippen LogP contribution in [-0.2, 0) is 9.84 Å². The molecule has 1 amide bonds. The number of hydrogen-bond donors (Lipinski definition) is 2. The van der Waals surface area contributed by atoms with E-state index >= 15 is 0 Å². The second-order valence-electron chi connectivity index (χ2n) is 5.61. The molecule has 12 heteroatoms. The third-order valence-electron chi connectivity index (χ3n) is 3.53. The Balaban J connectivity index is 1.50. The molecule has 0 aliphatic carbocycles. The van der Waals surface area contributed by atoms with Gasteiger partial charge in [0.25, 0.3) is 5.91 Å². The molecule has 0 aliphatic heterocycles. The first kappa shape index (κ1) is 18.4. The summed E-state index contributed by atoms with van der Waals surface area (Å²) in [6.45, 7) is 0. The summed E-state index contributed by atoms with van der Waals surface area (Å²) in [4.78, 5) is 29.2. The number of thiazole rings is 2. The van der Waals surface area contributed by atoms with Gasteiger partial charge in [0, 0.05) is 24.0 Å². The van der Waals surface area contributed by atoms with Gasteiger partial charge >= 0.3 is 0 Å². The zero-order valence-corrected chi connectivity index (χ0v) is 16.7. The molecule has 0 radical (unpaired) electrons. The van der Waals surface area contributed by atoms with E-state index in [1.807, 2.05) is 0 Å². The molecule has 0 bridgehead atoms. The molecular weight excluding hydrogens is 420 g/mol. The molecule has 0 atom stereocenters. The lowest BCUT2D eigenvalue weighted by Gasteiger charge is -1.99. The van der Waals surface area contributed by atoms with Crippen molar-refractivity contribution in [3.63, 3.8) is 0 Å². The average Bonchev–Trinajstić information content (AvgIpc) is 3.27. The second-order valence-corrected chi connectivity index (χ2v) is 9.51. The summed E-state index contributed by atoms with van der Waals surface area (Å²) >= 11 is 2.44. The summed E-state index contributed by atoms with van der Waals surface area (Å²) in [5, 5.41) is 8.06. The number of aromatic nitrogens is 4. The Hall–Kier alpha value is -2.96. The molecule has 4 aromatic rings. The Morgan fingerprint density at radius 2 is 1.89 bits per heavy atom. The zero-order valence-electron chi connectivity index (χ0n) is 14.3. The van der Waals surface area contributed by atoms with Gasteiger partial charge in [-0.3, -0.25) is 10.1 Å². The Labute approximate surface area is 167 Å². The van der Waals surface area contributed by atoms with E-state index in [-0.39, 0.29) is 10.6 Å². The lowest BCUT2D eigenvalue weighted by molar-refractivity contribution is 0.102. The van der Waals surface area contributed by atoms with Crippen LogP contribution in [0.4, 0.5) is 16.2 Å². The molecule has 0 spiro atoms. The molecule has 0 unspecified atom stereocenters. The molecule has 3 heterocycles. The van der Waals surface area contributed by atoms with Crippen LogP contribution in [0.25, 0.3) is 10.2 Å². The van der Waals surface area contributed by atoms with Crippen LogP contribution in [0.15, 0.2) is 46.9 Å². The van der Waals surface area contributed by atoms with Crippen LogP contribution in [-0.4, -0.2) is 40.5 Å². The maximum atomic E-state index is 12.4. The van der Waals surface area contributed by atoms with E-state index in [0.29, 0.717) is 26.4 Å². The molecule has 0 saturated carbocycles. The zero-order chi connectivity index (χ0) is 19.7. The van der Waals surface area contributed by atoms with Gasteiger partial charge in [0.1, 0.15) is 5.69 Å². The third kappa shape index (κ3) is 3.98. The summed E-state index contributed by atoms with van der Waals surface area (Å²) in [5.74, 6) is -0.0302. The Morgan fingerprint density at radius 1 is 1.11 bits per heavy atom. The first-order chi connectivity index (χ1) is 13.4. The van der Waals surface area contributed by atoms with Crippen molar-refractivity contribution in [3.05, 3.63) is 47.7 Å². The Morgan fingerprint density at radius 3 is 2.64 bits per heavy atom. The fourth-order valence-corrected chi connectivity index (χ4v) is 4.55. The second kappa shape index (κ2) is 7.22. The molecule has 0 fully saturated rings. The van der Waals surface area contributed by atoms with Gasteiger partial charge in [-0.15, -0.1) is 11.3 Å². The summed E-state index contributed by atoms with van der Waals surface area (Å²) in [6.07, 6.45) is 4.34. The number of hydrogen-bond acceptors (Lipinski definition) is 10. The van der Waals surface area contributed by atoms with Crippen molar-refractivity contribution < 1.29 is 13.2 Å². The van der Waals surface area contributed by atoms with Gasteiger partial charge in [0.15, 0.2) is 20.1 Å². The molecule has 3 aromatic heterocycles. The van der Waals surface area contributed by atoms with Crippen LogP contribution in [0.1, 0.15) is 10.5 Å². The van der Waals surface area contributed by atoms with Crippen LogP contribution in [0.3, 0.4) is 0 Å². The highest BCUT2D eigenvalue weighted by Crippen LogP contribution is 2.29. The molecule has 9 nitrogen and oxygen atoms in total. The maximum absolute atomic E-state index is 12.4. The van der Waals surface area contributed by atoms with E-state index in [9.17, 15) is 13.2 Å². The van der Waals surface area contributed by atoms with Crippen LogP contribution >= 0.6 is 22.7 Å². The molecule has 142 valence electrons. The van der Waals surface area contributed by atoms with Gasteiger partial charge in [-0.2, -0.15) is 0 Å². The van der Waals surface area contributed by atoms with Crippen LogP contribution in [0.5, 0.6) is 0 Å². The number of fused-ring (bicyclic) bond motifs is 1. The summed E-state index contributed by atoms with van der Waals surface area (Å²) in [6, 6.07) is 6.35. The highest BCUT2D eigenvalue weighted by atomic mass is 32.2. The minimum atomic E-state index is -3.31. The minimum Gasteiger partial charge on any atom is -0.300 e. The molecule has 28 heavy (non-hydrogen) atoms. The predicted octanol–water partition coefficient (Wildman–Crippen LogP) is 2.94. The van der Waals surface area contributed by atoms with Gasteiger partial charge < -0.3 is 5.32 Å². The van der Waals surface area contributed by atoms with E-state index in [0.717, 1.165) is 6.26 Å². The molecule has 0 saturated heterocycles. The number of carbonyl (C=O) groups excluding carboxylic acids is 1. The number of rotatable bonds is 5. The van der Waals surface area contributed by atoms with Crippen LogP contribution in [0, 0.1) is 0 Å². The van der Waals surface area contributed by atoms with Gasteiger partial charge in [-0.1, -0.05) is 11.3 Å². The largest absolute Gasteiger partial charge is 0.300 e. The van der Waals surface area contributed by atoms with Crippen LogP contribution in [0.2, 0.25) is 0 Å². The van der Waals surface area contributed by atoms with Gasteiger partial charge in [0.05, 0.1) is 15.1 Å². The SMILES string of the molecule is CS(=O)(=O)c1ccc2nc(NC(=O)c3csc(Nc4ncccn4)n3)sc2c1. The smallest absolute Gasteiger partial charge is 0.276 e. The molecule has 1 aromatic carbocycles. The fraction of sp³-hybridized carbons (Fsp3) is 0.0625. The number of benzene rings is 1. The molecular formula is C16H12N6O3S3. The summed E-state index contributed by atoms with van der Waals surface area (Å²) in [7, 11) is -3.31. The monoisotopic (exact) mass is 432 g/mol. The van der Waals surface area contributed by atoms with Crippen molar-refractivity contribution in [3.8, 4) is 0 Å².